The maximum atomic E-state index is 12.7. The van der Waals surface area contributed by atoms with Crippen molar-refractivity contribution in [3.05, 3.63) is 95.1 Å². The van der Waals surface area contributed by atoms with Gasteiger partial charge in [0.1, 0.15) is 6.04 Å². The summed E-state index contributed by atoms with van der Waals surface area (Å²) in [5.41, 5.74) is 5.08. The number of nitrogens with zero attached hydrogens (tertiary/aromatic N) is 2. The Hall–Kier alpha value is -4.26. The molecular weight excluding hydrogens is 478 g/mol. The first kappa shape index (κ1) is 26.8. The molecule has 4 rings (SSSR count). The number of carboxylic acids is 1. The molecule has 0 aliphatic carbocycles. The van der Waals surface area contributed by atoms with Gasteiger partial charge in [-0.1, -0.05) is 88.3 Å². The molecule has 1 atom stereocenters. The maximum Gasteiger partial charge on any atom is 0.326 e. The number of aromatic nitrogens is 2. The molecule has 0 saturated heterocycles. The van der Waals surface area contributed by atoms with E-state index in [0.717, 1.165) is 22.3 Å². The first-order chi connectivity index (χ1) is 18.0. The Balaban J connectivity index is 1.42. The third kappa shape index (κ3) is 6.35. The molecule has 0 saturated carbocycles. The Morgan fingerprint density at radius 1 is 0.895 bits per heavy atom. The van der Waals surface area contributed by atoms with Crippen LogP contribution in [0.3, 0.4) is 0 Å². The number of amides is 1. The van der Waals surface area contributed by atoms with Gasteiger partial charge in [0.25, 0.3) is 11.8 Å². The van der Waals surface area contributed by atoms with Crippen molar-refractivity contribution in [3.8, 4) is 22.8 Å². The largest absolute Gasteiger partial charge is 0.480 e. The second kappa shape index (κ2) is 11.0. The lowest BCUT2D eigenvalue weighted by molar-refractivity contribution is -0.139. The first-order valence-electron chi connectivity index (χ1n) is 12.7. The summed E-state index contributed by atoms with van der Waals surface area (Å²) in [6, 6.07) is 21.5. The lowest BCUT2D eigenvalue weighted by atomic mass is 9.86. The lowest BCUT2D eigenvalue weighted by Crippen LogP contribution is -2.42. The van der Waals surface area contributed by atoms with E-state index in [0.29, 0.717) is 23.2 Å². The minimum Gasteiger partial charge on any atom is -0.480 e. The summed E-state index contributed by atoms with van der Waals surface area (Å²) >= 11 is 0. The second-order valence-corrected chi connectivity index (χ2v) is 10.8. The SMILES string of the molecule is CC(C)c1ccc(-c2nc(-c3ccc(CC(NC(=O)c4ccc(C(C)(C)C)cc4)C(=O)O)cc3)no2)cc1. The van der Waals surface area contributed by atoms with Crippen molar-refractivity contribution in [2.75, 3.05) is 0 Å². The van der Waals surface area contributed by atoms with E-state index in [-0.39, 0.29) is 11.8 Å². The van der Waals surface area contributed by atoms with Crippen molar-refractivity contribution >= 4 is 11.9 Å². The molecule has 1 heterocycles. The van der Waals surface area contributed by atoms with Crippen LogP contribution in [-0.4, -0.2) is 33.2 Å². The Morgan fingerprint density at radius 2 is 1.50 bits per heavy atom. The van der Waals surface area contributed by atoms with Crippen LogP contribution in [0.4, 0.5) is 0 Å². The molecule has 1 unspecified atom stereocenters. The van der Waals surface area contributed by atoms with Crippen molar-refractivity contribution < 1.29 is 19.2 Å². The predicted molar refractivity (Wildman–Crippen MR) is 147 cm³/mol. The number of nitrogens with one attached hydrogen (secondary N) is 1. The Labute approximate surface area is 222 Å². The summed E-state index contributed by atoms with van der Waals surface area (Å²) < 4.78 is 5.46. The van der Waals surface area contributed by atoms with Crippen LogP contribution in [0.2, 0.25) is 0 Å². The van der Waals surface area contributed by atoms with Gasteiger partial charge in [0.15, 0.2) is 0 Å². The summed E-state index contributed by atoms with van der Waals surface area (Å²) in [6.45, 7) is 10.6. The smallest absolute Gasteiger partial charge is 0.326 e. The average Bonchev–Trinajstić information content (AvgIpc) is 3.38. The number of hydrogen-bond acceptors (Lipinski definition) is 5. The zero-order valence-corrected chi connectivity index (χ0v) is 22.4. The quantitative estimate of drug-likeness (QED) is 0.290. The molecule has 0 fully saturated rings. The number of benzene rings is 3. The third-order valence-electron chi connectivity index (χ3n) is 6.52. The van der Waals surface area contributed by atoms with Crippen molar-refractivity contribution in [2.24, 2.45) is 0 Å². The number of hydrogen-bond donors (Lipinski definition) is 2. The first-order valence-corrected chi connectivity index (χ1v) is 12.7. The third-order valence-corrected chi connectivity index (χ3v) is 6.52. The monoisotopic (exact) mass is 511 g/mol. The molecule has 3 aromatic carbocycles. The molecule has 1 aromatic heterocycles. The fourth-order valence-electron chi connectivity index (χ4n) is 4.06. The van der Waals surface area contributed by atoms with Gasteiger partial charge in [-0.25, -0.2) is 4.79 Å². The highest BCUT2D eigenvalue weighted by atomic mass is 16.5. The van der Waals surface area contributed by atoms with Crippen LogP contribution in [0.25, 0.3) is 22.8 Å². The zero-order chi connectivity index (χ0) is 27.4. The van der Waals surface area contributed by atoms with Crippen LogP contribution in [0.1, 0.15) is 67.6 Å². The van der Waals surface area contributed by atoms with Gasteiger partial charge in [-0.05, 0) is 52.3 Å². The van der Waals surface area contributed by atoms with E-state index in [4.69, 9.17) is 4.52 Å². The van der Waals surface area contributed by atoms with Crippen LogP contribution in [0.15, 0.2) is 77.3 Å². The number of carboxylic acid groups (broad SMARTS) is 1. The van der Waals surface area contributed by atoms with E-state index >= 15 is 0 Å². The summed E-state index contributed by atoms with van der Waals surface area (Å²) in [5.74, 6) is -0.199. The summed E-state index contributed by atoms with van der Waals surface area (Å²) in [7, 11) is 0. The molecule has 0 bridgehead atoms. The van der Waals surface area contributed by atoms with E-state index in [1.54, 1.807) is 12.1 Å². The van der Waals surface area contributed by atoms with Crippen LogP contribution in [-0.2, 0) is 16.6 Å². The molecule has 0 radical (unpaired) electrons. The Bertz CT molecular complexity index is 1400. The van der Waals surface area contributed by atoms with E-state index in [2.05, 4.69) is 62.2 Å². The van der Waals surface area contributed by atoms with Gasteiger partial charge in [0.05, 0.1) is 0 Å². The van der Waals surface area contributed by atoms with Crippen molar-refractivity contribution in [1.29, 1.82) is 0 Å². The fraction of sp³-hybridized carbons (Fsp3) is 0.290. The van der Waals surface area contributed by atoms with Crippen LogP contribution in [0, 0.1) is 0 Å². The molecular formula is C31H33N3O4. The summed E-state index contributed by atoms with van der Waals surface area (Å²) in [5, 5.41) is 16.5. The molecule has 196 valence electrons. The summed E-state index contributed by atoms with van der Waals surface area (Å²) in [6.07, 6.45) is 0.140. The molecule has 0 aliphatic rings. The molecule has 7 nitrogen and oxygen atoms in total. The van der Waals surface area contributed by atoms with Crippen molar-refractivity contribution in [1.82, 2.24) is 15.5 Å². The van der Waals surface area contributed by atoms with Gasteiger partial charge in [0, 0.05) is 23.1 Å². The number of aliphatic carboxylic acids is 1. The highest BCUT2D eigenvalue weighted by Crippen LogP contribution is 2.25. The topological polar surface area (TPSA) is 105 Å². The standard InChI is InChI=1S/C31H33N3O4/c1-19(2)21-10-12-24(13-11-21)29-33-27(34-38-29)22-8-6-20(7-9-22)18-26(30(36)37)32-28(35)23-14-16-25(17-15-23)31(3,4)5/h6-17,19,26H,18H2,1-5H3,(H,32,35)(H,36,37). The molecule has 0 spiro atoms. The van der Waals surface area contributed by atoms with Crippen molar-refractivity contribution in [2.45, 2.75) is 58.4 Å². The van der Waals surface area contributed by atoms with Crippen LogP contribution in [0.5, 0.6) is 0 Å². The number of rotatable bonds is 8. The van der Waals surface area contributed by atoms with Crippen molar-refractivity contribution in [3.63, 3.8) is 0 Å². The van der Waals surface area contributed by atoms with Crippen LogP contribution < -0.4 is 5.32 Å². The lowest BCUT2D eigenvalue weighted by Gasteiger charge is -2.19. The van der Waals surface area contributed by atoms with E-state index in [1.807, 2.05) is 48.5 Å². The number of carbonyl (C=O) groups is 2. The second-order valence-electron chi connectivity index (χ2n) is 10.8. The minimum atomic E-state index is -1.10. The van der Waals surface area contributed by atoms with E-state index < -0.39 is 17.9 Å². The molecule has 38 heavy (non-hydrogen) atoms. The molecule has 7 heteroatoms. The van der Waals surface area contributed by atoms with Gasteiger partial charge >= 0.3 is 5.97 Å². The molecule has 1 amide bonds. The maximum absolute atomic E-state index is 12.7. The highest BCUT2D eigenvalue weighted by molar-refractivity contribution is 5.96. The predicted octanol–water partition coefficient (Wildman–Crippen LogP) is 6.25. The van der Waals surface area contributed by atoms with Gasteiger partial charge in [-0.15, -0.1) is 0 Å². The Morgan fingerprint density at radius 3 is 2.05 bits per heavy atom. The normalized spacial score (nSPS) is 12.4. The zero-order valence-electron chi connectivity index (χ0n) is 22.4. The fourth-order valence-corrected chi connectivity index (χ4v) is 4.06. The average molecular weight is 512 g/mol. The summed E-state index contributed by atoms with van der Waals surface area (Å²) in [4.78, 5) is 29.1. The van der Waals surface area contributed by atoms with Gasteiger partial charge < -0.3 is 14.9 Å². The van der Waals surface area contributed by atoms with Gasteiger partial charge in [-0.2, -0.15) is 4.98 Å². The van der Waals surface area contributed by atoms with E-state index in [1.165, 1.54) is 5.56 Å². The van der Waals surface area contributed by atoms with Gasteiger partial charge in [0.2, 0.25) is 5.82 Å². The van der Waals surface area contributed by atoms with Crippen LogP contribution >= 0.6 is 0 Å². The van der Waals surface area contributed by atoms with Gasteiger partial charge in [-0.3, -0.25) is 4.79 Å². The molecule has 0 aliphatic heterocycles. The molecule has 4 aromatic rings. The Kier molecular flexibility index (Phi) is 7.76. The highest BCUT2D eigenvalue weighted by Gasteiger charge is 2.22. The minimum absolute atomic E-state index is 0.0348. The molecule has 2 N–H and O–H groups in total. The van der Waals surface area contributed by atoms with E-state index in [9.17, 15) is 14.7 Å². The number of carbonyl (C=O) groups excluding carboxylic acids is 1.